The Balaban J connectivity index is 1.04. The Bertz CT molecular complexity index is 1270. The van der Waals surface area contributed by atoms with Crippen molar-refractivity contribution in [3.63, 3.8) is 0 Å². The molecule has 4 aliphatic rings. The van der Waals surface area contributed by atoms with Crippen LogP contribution < -0.4 is 15.0 Å². The molecule has 2 N–H and O–H groups in total. The Kier molecular flexibility index (Phi) is 6.40. The molecule has 2 fully saturated rings. The van der Waals surface area contributed by atoms with E-state index in [1.54, 1.807) is 11.1 Å². The molecule has 3 aliphatic heterocycles. The number of nitrogens with zero attached hydrogens (tertiary/aromatic N) is 3. The second-order valence-corrected chi connectivity index (χ2v) is 12.1. The average molecular weight is 539 g/mol. The lowest BCUT2D eigenvalue weighted by Gasteiger charge is -2.51. The summed E-state index contributed by atoms with van der Waals surface area (Å²) in [4.78, 5) is 34.4. The van der Waals surface area contributed by atoms with E-state index < -0.39 is 11.0 Å². The summed E-state index contributed by atoms with van der Waals surface area (Å²) in [6.45, 7) is 6.95. The zero-order valence-electron chi connectivity index (χ0n) is 22.0. The molecule has 0 radical (unpaired) electrons. The van der Waals surface area contributed by atoms with Crippen molar-refractivity contribution in [2.75, 3.05) is 36.5 Å². The van der Waals surface area contributed by atoms with Crippen molar-refractivity contribution < 1.29 is 19.4 Å². The molecule has 1 spiro atoms. The molecule has 6 rings (SSSR count). The highest BCUT2D eigenvalue weighted by molar-refractivity contribution is 6.31. The van der Waals surface area contributed by atoms with Crippen LogP contribution in [0.3, 0.4) is 0 Å². The second kappa shape index (κ2) is 9.50. The van der Waals surface area contributed by atoms with Crippen LogP contribution >= 0.6 is 11.6 Å². The Morgan fingerprint density at radius 2 is 1.95 bits per heavy atom. The fourth-order valence-corrected chi connectivity index (χ4v) is 6.73. The minimum atomic E-state index is -0.697. The van der Waals surface area contributed by atoms with Crippen LogP contribution in [0.5, 0.6) is 5.75 Å². The lowest BCUT2D eigenvalue weighted by atomic mass is 9.68. The van der Waals surface area contributed by atoms with Gasteiger partial charge in [0, 0.05) is 29.7 Å². The molecule has 1 aromatic carbocycles. The molecular weight excluding hydrogens is 504 g/mol. The van der Waals surface area contributed by atoms with Gasteiger partial charge in [-0.3, -0.25) is 19.4 Å². The minimum absolute atomic E-state index is 0.000512. The van der Waals surface area contributed by atoms with Gasteiger partial charge in [0.05, 0.1) is 17.2 Å². The predicted octanol–water partition coefficient (Wildman–Crippen LogP) is 3.93. The van der Waals surface area contributed by atoms with E-state index in [9.17, 15) is 14.7 Å². The summed E-state index contributed by atoms with van der Waals surface area (Å²) in [5.41, 5.74) is 1.73. The van der Waals surface area contributed by atoms with E-state index in [1.807, 2.05) is 38.1 Å². The number of piperidine rings is 1. The number of amides is 2. The maximum absolute atomic E-state index is 12.9. The number of nitrogens with one attached hydrogen (secondary N) is 1. The lowest BCUT2D eigenvalue weighted by molar-refractivity contribution is -0.124. The Morgan fingerprint density at radius 3 is 2.68 bits per heavy atom. The Hall–Kier alpha value is -2.68. The molecule has 8 nitrogen and oxygen atoms in total. The van der Waals surface area contributed by atoms with E-state index in [0.717, 1.165) is 49.3 Å². The zero-order chi connectivity index (χ0) is 26.7. The molecule has 1 saturated heterocycles. The third-order valence-corrected chi connectivity index (χ3v) is 9.44. The molecular formula is C29H35ClN4O4. The van der Waals surface area contributed by atoms with Crippen LogP contribution in [0, 0.1) is 5.92 Å². The van der Waals surface area contributed by atoms with Gasteiger partial charge in [-0.15, -0.1) is 0 Å². The fourth-order valence-electron chi connectivity index (χ4n) is 6.56. The maximum atomic E-state index is 12.9. The van der Waals surface area contributed by atoms with Gasteiger partial charge in [0.2, 0.25) is 11.8 Å². The van der Waals surface area contributed by atoms with Crippen molar-refractivity contribution in [3.05, 3.63) is 46.6 Å². The highest BCUT2D eigenvalue weighted by atomic mass is 35.5. The van der Waals surface area contributed by atoms with Gasteiger partial charge in [-0.25, -0.2) is 4.98 Å². The van der Waals surface area contributed by atoms with Gasteiger partial charge in [0.15, 0.2) is 0 Å². The van der Waals surface area contributed by atoms with Crippen LogP contribution in [0.1, 0.15) is 57.1 Å². The van der Waals surface area contributed by atoms with E-state index in [0.29, 0.717) is 48.9 Å². The first kappa shape index (κ1) is 25.6. The first-order chi connectivity index (χ1) is 18.2. The number of anilines is 2. The number of carbonyl (C=O) groups is 2. The molecule has 38 heavy (non-hydrogen) atoms. The molecule has 0 unspecified atom stereocenters. The van der Waals surface area contributed by atoms with Crippen molar-refractivity contribution in [3.8, 4) is 5.75 Å². The molecule has 9 heteroatoms. The summed E-state index contributed by atoms with van der Waals surface area (Å²) in [6, 6.07) is 7.64. The number of carbonyl (C=O) groups excluding carboxylic acids is 2. The summed E-state index contributed by atoms with van der Waals surface area (Å²) in [5, 5.41) is 14.4. The smallest absolute Gasteiger partial charge is 0.235 e. The lowest BCUT2D eigenvalue weighted by Crippen LogP contribution is -2.60. The summed E-state index contributed by atoms with van der Waals surface area (Å²) >= 11 is 6.24. The average Bonchev–Trinajstić information content (AvgIpc) is 3.13. The standard InChI is InChI=1S/C29H35ClN4O4/c1-18(2)29(37)15-21(16-29)34-25(35)6-3-19-13-22(17-31-26(19)34)38-12-11-33-9-7-28(8-10-33)23-14-20(30)4-5-24(23)32-27(28)36/h4-5,13-14,17-18,21,37H,3,6-12,15-16H2,1-2H3,(H,32,36). The van der Waals surface area contributed by atoms with Crippen molar-refractivity contribution in [2.45, 2.75) is 69.4 Å². The topological polar surface area (TPSA) is 95.0 Å². The van der Waals surface area contributed by atoms with Crippen molar-refractivity contribution in [2.24, 2.45) is 5.92 Å². The van der Waals surface area contributed by atoms with Crippen LogP contribution in [-0.4, -0.2) is 64.7 Å². The number of halogens is 1. The molecule has 4 heterocycles. The number of aryl methyl sites for hydroxylation is 1. The minimum Gasteiger partial charge on any atom is -0.491 e. The van der Waals surface area contributed by atoms with Crippen molar-refractivity contribution in [1.82, 2.24) is 9.88 Å². The number of hydrogen-bond donors (Lipinski definition) is 2. The number of hydrogen-bond acceptors (Lipinski definition) is 6. The van der Waals surface area contributed by atoms with Gasteiger partial charge in [0.1, 0.15) is 18.2 Å². The second-order valence-electron chi connectivity index (χ2n) is 11.7. The maximum Gasteiger partial charge on any atom is 0.235 e. The van der Waals surface area contributed by atoms with Gasteiger partial charge < -0.3 is 15.2 Å². The van der Waals surface area contributed by atoms with Gasteiger partial charge in [-0.1, -0.05) is 25.4 Å². The van der Waals surface area contributed by atoms with E-state index in [4.69, 9.17) is 16.3 Å². The van der Waals surface area contributed by atoms with E-state index in [1.165, 1.54) is 0 Å². The van der Waals surface area contributed by atoms with E-state index in [2.05, 4.69) is 15.2 Å². The largest absolute Gasteiger partial charge is 0.491 e. The van der Waals surface area contributed by atoms with Crippen molar-refractivity contribution >= 4 is 34.9 Å². The third kappa shape index (κ3) is 4.27. The molecule has 2 amide bonds. The Labute approximate surface area is 228 Å². The first-order valence-corrected chi connectivity index (χ1v) is 14.1. The highest BCUT2D eigenvalue weighted by Gasteiger charge is 2.50. The van der Waals surface area contributed by atoms with Crippen LogP contribution in [-0.2, 0) is 21.4 Å². The normalized spacial score (nSPS) is 26.2. The van der Waals surface area contributed by atoms with Crippen LogP contribution in [0.4, 0.5) is 11.5 Å². The molecule has 0 atom stereocenters. The number of benzene rings is 1. The van der Waals surface area contributed by atoms with Crippen LogP contribution in [0.15, 0.2) is 30.5 Å². The van der Waals surface area contributed by atoms with Gasteiger partial charge in [0.25, 0.3) is 0 Å². The monoisotopic (exact) mass is 538 g/mol. The zero-order valence-corrected chi connectivity index (χ0v) is 22.8. The van der Waals surface area contributed by atoms with Crippen molar-refractivity contribution in [1.29, 1.82) is 0 Å². The summed E-state index contributed by atoms with van der Waals surface area (Å²) in [7, 11) is 0. The molecule has 1 saturated carbocycles. The molecule has 1 aliphatic carbocycles. The predicted molar refractivity (Wildman–Crippen MR) is 146 cm³/mol. The third-order valence-electron chi connectivity index (χ3n) is 9.21. The van der Waals surface area contributed by atoms with Gasteiger partial charge in [-0.05, 0) is 86.5 Å². The highest BCUT2D eigenvalue weighted by Crippen LogP contribution is 2.46. The van der Waals surface area contributed by atoms with Gasteiger partial charge >= 0.3 is 0 Å². The SMILES string of the molecule is CC(C)C1(O)CC(N2C(=O)CCc3cc(OCCN4CCC5(CC4)C(=O)Nc4ccc(Cl)cc45)cnc32)C1. The number of ether oxygens (including phenoxy) is 1. The van der Waals surface area contributed by atoms with Crippen LogP contribution in [0.2, 0.25) is 5.02 Å². The summed E-state index contributed by atoms with van der Waals surface area (Å²) < 4.78 is 6.07. The van der Waals surface area contributed by atoms with E-state index >= 15 is 0 Å². The molecule has 0 bridgehead atoms. The molecule has 202 valence electrons. The first-order valence-electron chi connectivity index (χ1n) is 13.7. The Morgan fingerprint density at radius 1 is 1.18 bits per heavy atom. The number of likely N-dealkylation sites (tertiary alicyclic amines) is 1. The number of aliphatic hydroxyl groups is 1. The van der Waals surface area contributed by atoms with Gasteiger partial charge in [-0.2, -0.15) is 0 Å². The number of pyridine rings is 1. The molecule has 1 aromatic heterocycles. The number of aromatic nitrogens is 1. The number of fused-ring (bicyclic) bond motifs is 3. The quantitative estimate of drug-likeness (QED) is 0.579. The summed E-state index contributed by atoms with van der Waals surface area (Å²) in [5.74, 6) is 1.74. The van der Waals surface area contributed by atoms with E-state index in [-0.39, 0.29) is 23.8 Å². The summed E-state index contributed by atoms with van der Waals surface area (Å²) in [6.07, 6.45) is 5.49. The number of rotatable bonds is 6. The fraction of sp³-hybridized carbons (Fsp3) is 0.552. The van der Waals surface area contributed by atoms with Crippen LogP contribution in [0.25, 0.3) is 0 Å². The molecule has 2 aromatic rings.